The highest BCUT2D eigenvalue weighted by atomic mass is 16.4. The summed E-state index contributed by atoms with van der Waals surface area (Å²) in [6.45, 7) is 4.32. The van der Waals surface area contributed by atoms with Gasteiger partial charge in [0.05, 0.1) is 17.8 Å². The van der Waals surface area contributed by atoms with E-state index >= 15 is 0 Å². The summed E-state index contributed by atoms with van der Waals surface area (Å²) in [5.74, 6) is -2.13. The molecule has 0 unspecified atom stereocenters. The van der Waals surface area contributed by atoms with Crippen molar-refractivity contribution in [1.82, 2.24) is 9.80 Å². The molecule has 1 heterocycles. The molecule has 0 fully saturated rings. The van der Waals surface area contributed by atoms with Gasteiger partial charge in [-0.25, -0.2) is 9.59 Å². The predicted octanol–water partition coefficient (Wildman–Crippen LogP) is 1.77. The predicted molar refractivity (Wildman–Crippen MR) is 74.5 cm³/mol. The molecule has 0 bridgehead atoms. The van der Waals surface area contributed by atoms with Crippen molar-refractivity contribution in [3.63, 3.8) is 0 Å². The molecule has 108 valence electrons. The molecule has 1 aromatic rings. The number of carboxylic acid groups (broad SMARTS) is 2. The van der Waals surface area contributed by atoms with Gasteiger partial charge in [-0.2, -0.15) is 0 Å². The maximum Gasteiger partial charge on any atom is 0.335 e. The van der Waals surface area contributed by atoms with Gasteiger partial charge in [-0.3, -0.25) is 0 Å². The van der Waals surface area contributed by atoms with Crippen molar-refractivity contribution in [2.24, 2.45) is 0 Å². The van der Waals surface area contributed by atoms with Gasteiger partial charge in [-0.1, -0.05) is 0 Å². The van der Waals surface area contributed by atoms with Gasteiger partial charge >= 0.3 is 11.9 Å². The molecule has 0 atom stereocenters. The van der Waals surface area contributed by atoms with Gasteiger partial charge in [0.25, 0.3) is 0 Å². The fourth-order valence-corrected chi connectivity index (χ4v) is 1.55. The van der Waals surface area contributed by atoms with Crippen LogP contribution in [-0.2, 0) is 0 Å². The van der Waals surface area contributed by atoms with Crippen LogP contribution in [0.3, 0.4) is 0 Å². The zero-order chi connectivity index (χ0) is 15.1. The first-order chi connectivity index (χ1) is 9.43. The highest BCUT2D eigenvalue weighted by Crippen LogP contribution is 2.03. The molecule has 0 saturated heterocycles. The average molecular weight is 278 g/mol. The van der Waals surface area contributed by atoms with Crippen LogP contribution in [0.5, 0.6) is 0 Å². The van der Waals surface area contributed by atoms with E-state index in [2.05, 4.69) is 36.2 Å². The molecule has 0 amide bonds. The van der Waals surface area contributed by atoms with Crippen molar-refractivity contribution in [3.05, 3.63) is 47.8 Å². The van der Waals surface area contributed by atoms with E-state index in [-0.39, 0.29) is 11.1 Å². The van der Waals surface area contributed by atoms with Crippen LogP contribution in [0.4, 0.5) is 0 Å². The lowest BCUT2D eigenvalue weighted by Crippen LogP contribution is -2.21. The molecule has 2 N–H and O–H groups in total. The number of rotatable bonds is 3. The minimum Gasteiger partial charge on any atom is -0.478 e. The Morgan fingerprint density at radius 3 is 1.70 bits per heavy atom. The first kappa shape index (κ1) is 15.6. The Labute approximate surface area is 117 Å². The molecule has 2 rings (SSSR count). The fraction of sp³-hybridized carbons (Fsp3) is 0.286. The maximum atomic E-state index is 10.3. The lowest BCUT2D eigenvalue weighted by atomic mass is 10.1. The van der Waals surface area contributed by atoms with Crippen LogP contribution in [-0.4, -0.2) is 52.2 Å². The van der Waals surface area contributed by atoms with Crippen molar-refractivity contribution in [1.29, 1.82) is 0 Å². The summed E-state index contributed by atoms with van der Waals surface area (Å²) in [6.07, 6.45) is 4.20. The number of nitrogens with zero attached hydrogens (tertiary/aromatic N) is 2. The van der Waals surface area contributed by atoms with Crippen LogP contribution in [0.2, 0.25) is 0 Å². The molecule has 1 aliphatic heterocycles. The van der Waals surface area contributed by atoms with Crippen molar-refractivity contribution in [2.45, 2.75) is 6.92 Å². The molecular formula is C14H18N2O4. The second kappa shape index (κ2) is 7.18. The standard InChI is InChI=1S/C8H6O4.C6H12N2/c9-7(10)5-1-2-6(4-3-5)8(11)12;1-3-8-5-4-7(2)6-8/h1-4H,(H,9,10)(H,11,12);4-5H,3,6H2,1-2H3. The van der Waals surface area contributed by atoms with Gasteiger partial charge < -0.3 is 20.0 Å². The Balaban J connectivity index is 0.000000217. The summed E-state index contributed by atoms with van der Waals surface area (Å²) in [7, 11) is 2.08. The Bertz CT molecular complexity index is 463. The molecule has 1 aliphatic rings. The third-order valence-corrected chi connectivity index (χ3v) is 2.72. The van der Waals surface area contributed by atoms with Crippen LogP contribution in [0, 0.1) is 0 Å². The van der Waals surface area contributed by atoms with Crippen LogP contribution in [0.25, 0.3) is 0 Å². The number of carboxylic acids is 2. The van der Waals surface area contributed by atoms with Crippen LogP contribution in [0.15, 0.2) is 36.7 Å². The molecule has 20 heavy (non-hydrogen) atoms. The van der Waals surface area contributed by atoms with Crippen molar-refractivity contribution in [2.75, 3.05) is 20.3 Å². The lowest BCUT2D eigenvalue weighted by molar-refractivity contribution is 0.0681. The second-order valence-electron chi connectivity index (χ2n) is 4.29. The second-order valence-corrected chi connectivity index (χ2v) is 4.29. The van der Waals surface area contributed by atoms with E-state index in [0.717, 1.165) is 13.2 Å². The number of benzene rings is 1. The zero-order valence-corrected chi connectivity index (χ0v) is 11.5. The largest absolute Gasteiger partial charge is 0.478 e. The van der Waals surface area contributed by atoms with Crippen LogP contribution in [0.1, 0.15) is 27.6 Å². The molecule has 0 aliphatic carbocycles. The van der Waals surface area contributed by atoms with Gasteiger partial charge in [0.15, 0.2) is 0 Å². The van der Waals surface area contributed by atoms with Gasteiger partial charge in [-0.15, -0.1) is 0 Å². The Morgan fingerprint density at radius 2 is 1.50 bits per heavy atom. The molecule has 0 saturated carbocycles. The summed E-state index contributed by atoms with van der Waals surface area (Å²) < 4.78 is 0. The van der Waals surface area contributed by atoms with Gasteiger partial charge in [0, 0.05) is 26.0 Å². The molecule has 6 nitrogen and oxygen atoms in total. The van der Waals surface area contributed by atoms with Crippen molar-refractivity contribution >= 4 is 11.9 Å². The Kier molecular flexibility index (Phi) is 5.58. The highest BCUT2D eigenvalue weighted by Gasteiger charge is 2.05. The number of aromatic carboxylic acids is 2. The van der Waals surface area contributed by atoms with Crippen LogP contribution >= 0.6 is 0 Å². The minimum absolute atomic E-state index is 0.0833. The van der Waals surface area contributed by atoms with Gasteiger partial charge in [0.1, 0.15) is 0 Å². The highest BCUT2D eigenvalue weighted by molar-refractivity contribution is 5.91. The van der Waals surface area contributed by atoms with E-state index < -0.39 is 11.9 Å². The van der Waals surface area contributed by atoms with Crippen molar-refractivity contribution < 1.29 is 19.8 Å². The summed E-state index contributed by atoms with van der Waals surface area (Å²) in [5.41, 5.74) is 0.167. The van der Waals surface area contributed by atoms with E-state index in [1.165, 1.54) is 24.3 Å². The first-order valence-corrected chi connectivity index (χ1v) is 6.13. The zero-order valence-electron chi connectivity index (χ0n) is 11.5. The number of hydrogen-bond acceptors (Lipinski definition) is 4. The van der Waals surface area contributed by atoms with E-state index in [9.17, 15) is 9.59 Å². The molecule has 1 aromatic carbocycles. The average Bonchev–Trinajstić information content (AvgIpc) is 2.85. The lowest BCUT2D eigenvalue weighted by Gasteiger charge is -2.14. The SMILES string of the molecule is CCN1C=CN(C)C1.O=C(O)c1ccc(C(=O)O)cc1. The molecule has 0 spiro atoms. The number of hydrogen-bond donors (Lipinski definition) is 2. The van der Waals surface area contributed by atoms with E-state index in [0.29, 0.717) is 0 Å². The molecule has 0 aromatic heterocycles. The van der Waals surface area contributed by atoms with Gasteiger partial charge in [-0.05, 0) is 31.2 Å². The first-order valence-electron chi connectivity index (χ1n) is 6.13. The van der Waals surface area contributed by atoms with E-state index in [4.69, 9.17) is 10.2 Å². The minimum atomic E-state index is -1.06. The van der Waals surface area contributed by atoms with Crippen molar-refractivity contribution in [3.8, 4) is 0 Å². The maximum absolute atomic E-state index is 10.3. The summed E-state index contributed by atoms with van der Waals surface area (Å²) in [6, 6.07) is 5.02. The summed E-state index contributed by atoms with van der Waals surface area (Å²) >= 11 is 0. The Morgan fingerprint density at radius 1 is 1.05 bits per heavy atom. The van der Waals surface area contributed by atoms with E-state index in [1.807, 2.05) is 0 Å². The quantitative estimate of drug-likeness (QED) is 0.877. The van der Waals surface area contributed by atoms with Gasteiger partial charge in [0.2, 0.25) is 0 Å². The topological polar surface area (TPSA) is 81.1 Å². The Hall–Kier alpha value is -2.50. The molecular weight excluding hydrogens is 260 g/mol. The molecule has 6 heteroatoms. The monoisotopic (exact) mass is 278 g/mol. The third-order valence-electron chi connectivity index (χ3n) is 2.72. The fourth-order valence-electron chi connectivity index (χ4n) is 1.55. The normalized spacial score (nSPS) is 12.9. The smallest absolute Gasteiger partial charge is 0.335 e. The van der Waals surface area contributed by atoms with Crippen LogP contribution < -0.4 is 0 Å². The summed E-state index contributed by atoms with van der Waals surface area (Å²) in [5, 5.41) is 16.9. The summed E-state index contributed by atoms with van der Waals surface area (Å²) in [4.78, 5) is 25.1. The third kappa shape index (κ3) is 4.64. The van der Waals surface area contributed by atoms with E-state index in [1.54, 1.807) is 0 Å². The number of carbonyl (C=O) groups is 2. The molecule has 0 radical (unpaired) electrons.